The lowest BCUT2D eigenvalue weighted by molar-refractivity contribution is -0.139. The molecule has 2 aromatic heterocycles. The van der Waals surface area contributed by atoms with Gasteiger partial charge in [-0.25, -0.2) is 0 Å². The Hall–Kier alpha value is -4.33. The van der Waals surface area contributed by atoms with Gasteiger partial charge < -0.3 is 19.6 Å². The molecule has 0 bridgehead atoms. The third kappa shape index (κ3) is 3.10. The second kappa shape index (κ2) is 7.84. The van der Waals surface area contributed by atoms with Gasteiger partial charge in [0.25, 0.3) is 11.5 Å². The predicted molar refractivity (Wildman–Crippen MR) is 138 cm³/mol. The maximum atomic E-state index is 13.7. The van der Waals surface area contributed by atoms with Gasteiger partial charge in [0.1, 0.15) is 5.75 Å². The van der Waals surface area contributed by atoms with Crippen LogP contribution in [0, 0.1) is 0 Å². The molecule has 6 rings (SSSR count). The highest BCUT2D eigenvalue weighted by atomic mass is 16.5. The third-order valence-corrected chi connectivity index (χ3v) is 7.22. The first-order valence-electron chi connectivity index (χ1n) is 12.0. The average Bonchev–Trinajstić information content (AvgIpc) is 3.35. The quantitative estimate of drug-likeness (QED) is 0.455. The van der Waals surface area contributed by atoms with Crippen LogP contribution in [0.4, 0.5) is 5.69 Å². The fourth-order valence-corrected chi connectivity index (χ4v) is 5.53. The molecule has 1 unspecified atom stereocenters. The van der Waals surface area contributed by atoms with Gasteiger partial charge in [-0.05, 0) is 55.8 Å². The normalized spacial score (nSPS) is 17.1. The summed E-state index contributed by atoms with van der Waals surface area (Å²) in [6.45, 7) is 5.73. The van der Waals surface area contributed by atoms with E-state index < -0.39 is 5.92 Å². The van der Waals surface area contributed by atoms with Crippen molar-refractivity contribution in [2.75, 3.05) is 19.0 Å². The predicted octanol–water partition coefficient (Wildman–Crippen LogP) is 4.27. The number of hydrogen-bond donors (Lipinski definition) is 2. The van der Waals surface area contributed by atoms with E-state index in [4.69, 9.17) is 4.74 Å². The number of nitrogens with zero attached hydrogens (tertiary/aromatic N) is 2. The zero-order valence-corrected chi connectivity index (χ0v) is 20.5. The van der Waals surface area contributed by atoms with Crippen molar-refractivity contribution in [3.63, 3.8) is 0 Å². The van der Waals surface area contributed by atoms with Gasteiger partial charge in [0.2, 0.25) is 5.91 Å². The highest BCUT2D eigenvalue weighted by molar-refractivity contribution is 6.11. The standard InChI is InChI=1S/C28H26N4O4/c1-14(2)31-12-19-24(18-11-16-10-17(36-4)8-9-20(16)30-27(18)34)26-22(13-32(15(3)33)28(26)35)29-21-6-5-7-23(31)25(19)21/h5-12,14,24,29H,13H2,1-4H3,(H,30,34). The molecular formula is C28H26N4O4. The van der Waals surface area contributed by atoms with Crippen LogP contribution in [0.2, 0.25) is 0 Å². The minimum Gasteiger partial charge on any atom is -0.497 e. The van der Waals surface area contributed by atoms with Crippen molar-refractivity contribution in [1.82, 2.24) is 14.5 Å². The van der Waals surface area contributed by atoms with Crippen molar-refractivity contribution in [2.45, 2.75) is 32.7 Å². The van der Waals surface area contributed by atoms with Crippen LogP contribution in [0.25, 0.3) is 21.8 Å². The molecule has 2 amide bonds. The summed E-state index contributed by atoms with van der Waals surface area (Å²) in [5, 5.41) is 5.21. The van der Waals surface area contributed by atoms with Crippen LogP contribution in [0.15, 0.2) is 64.7 Å². The van der Waals surface area contributed by atoms with Crippen molar-refractivity contribution >= 4 is 39.3 Å². The highest BCUT2D eigenvalue weighted by Crippen LogP contribution is 2.46. The summed E-state index contributed by atoms with van der Waals surface area (Å²) >= 11 is 0. The largest absolute Gasteiger partial charge is 0.497 e. The summed E-state index contributed by atoms with van der Waals surface area (Å²) in [7, 11) is 1.59. The number of amides is 2. The first-order chi connectivity index (χ1) is 17.3. The number of imide groups is 1. The van der Waals surface area contributed by atoms with E-state index in [1.54, 1.807) is 19.2 Å². The molecule has 0 fully saturated rings. The minimum atomic E-state index is -0.658. The lowest BCUT2D eigenvalue weighted by Crippen LogP contribution is -2.33. The number of hydrogen-bond acceptors (Lipinski definition) is 5. The van der Waals surface area contributed by atoms with Gasteiger partial charge in [0.05, 0.1) is 24.7 Å². The van der Waals surface area contributed by atoms with E-state index >= 15 is 0 Å². The van der Waals surface area contributed by atoms with E-state index in [0.717, 1.165) is 27.5 Å². The lowest BCUT2D eigenvalue weighted by Gasteiger charge is -2.19. The molecule has 36 heavy (non-hydrogen) atoms. The van der Waals surface area contributed by atoms with Gasteiger partial charge in [-0.3, -0.25) is 19.3 Å². The zero-order valence-electron chi connectivity index (χ0n) is 20.5. The van der Waals surface area contributed by atoms with Gasteiger partial charge in [0, 0.05) is 58.3 Å². The molecule has 182 valence electrons. The first kappa shape index (κ1) is 22.2. The number of nitrogens with one attached hydrogen (secondary N) is 2. The van der Waals surface area contributed by atoms with E-state index in [0.29, 0.717) is 28.1 Å². The fraction of sp³-hybridized carbons (Fsp3) is 0.250. The van der Waals surface area contributed by atoms with E-state index in [2.05, 4.69) is 34.8 Å². The number of fused-ring (bicyclic) bond motifs is 1. The Morgan fingerprint density at radius 3 is 2.64 bits per heavy atom. The molecule has 0 saturated carbocycles. The van der Waals surface area contributed by atoms with Crippen LogP contribution in [-0.4, -0.2) is 39.9 Å². The zero-order chi connectivity index (χ0) is 25.3. The smallest absolute Gasteiger partial charge is 0.259 e. The Labute approximate surface area is 207 Å². The number of H-pyrrole nitrogens is 1. The van der Waals surface area contributed by atoms with Gasteiger partial charge >= 0.3 is 0 Å². The molecule has 8 heteroatoms. The summed E-state index contributed by atoms with van der Waals surface area (Å²) in [6.07, 6.45) is 2.04. The topological polar surface area (TPSA) is 96.4 Å². The van der Waals surface area contributed by atoms with Crippen LogP contribution < -0.4 is 15.6 Å². The number of methoxy groups -OCH3 is 1. The number of anilines is 1. The SMILES string of the molecule is COc1ccc2[nH]c(=O)c(C3C4=C(CN(C(C)=O)C4=O)Nc4cccc5c4c3cn5C(C)C)cc2c1. The molecule has 2 aliphatic rings. The van der Waals surface area contributed by atoms with Gasteiger partial charge in [-0.15, -0.1) is 0 Å². The number of rotatable bonds is 3. The number of carbonyl (C=O) groups is 2. The van der Waals surface area contributed by atoms with Crippen LogP contribution in [-0.2, 0) is 9.59 Å². The fourth-order valence-electron chi connectivity index (χ4n) is 5.53. The minimum absolute atomic E-state index is 0.143. The molecule has 8 nitrogen and oxygen atoms in total. The molecule has 4 aromatic rings. The molecule has 0 saturated heterocycles. The molecule has 0 spiro atoms. The molecule has 0 radical (unpaired) electrons. The number of aromatic amines is 1. The van der Waals surface area contributed by atoms with Crippen molar-refractivity contribution in [3.8, 4) is 5.75 Å². The summed E-state index contributed by atoms with van der Waals surface area (Å²) in [4.78, 5) is 43.8. The molecule has 1 atom stereocenters. The van der Waals surface area contributed by atoms with E-state index in [1.807, 2.05) is 30.5 Å². The number of carbonyl (C=O) groups excluding carboxylic acids is 2. The highest BCUT2D eigenvalue weighted by Gasteiger charge is 2.42. The molecular weight excluding hydrogens is 456 g/mol. The number of ether oxygens (including phenoxy) is 1. The van der Waals surface area contributed by atoms with Crippen LogP contribution in [0.3, 0.4) is 0 Å². The Morgan fingerprint density at radius 1 is 1.11 bits per heavy atom. The van der Waals surface area contributed by atoms with E-state index in [1.165, 1.54) is 11.8 Å². The number of aromatic nitrogens is 2. The number of pyridine rings is 1. The van der Waals surface area contributed by atoms with E-state index in [-0.39, 0.29) is 30.0 Å². The van der Waals surface area contributed by atoms with Crippen molar-refractivity contribution < 1.29 is 14.3 Å². The molecule has 0 aliphatic carbocycles. The van der Waals surface area contributed by atoms with Crippen molar-refractivity contribution in [2.24, 2.45) is 0 Å². The maximum Gasteiger partial charge on any atom is 0.259 e. The lowest BCUT2D eigenvalue weighted by atomic mass is 9.84. The number of benzene rings is 2. The van der Waals surface area contributed by atoms with E-state index in [9.17, 15) is 14.4 Å². The Bertz CT molecular complexity index is 1690. The van der Waals surface area contributed by atoms with Gasteiger partial charge in [-0.1, -0.05) is 6.07 Å². The van der Waals surface area contributed by atoms with Gasteiger partial charge in [0.15, 0.2) is 0 Å². The average molecular weight is 483 g/mol. The summed E-state index contributed by atoms with van der Waals surface area (Å²) < 4.78 is 7.56. The van der Waals surface area contributed by atoms with Crippen molar-refractivity contribution in [1.29, 1.82) is 0 Å². The van der Waals surface area contributed by atoms with Crippen LogP contribution >= 0.6 is 0 Å². The Kier molecular flexibility index (Phi) is 4.83. The second-order valence-electron chi connectivity index (χ2n) is 9.65. The summed E-state index contributed by atoms with van der Waals surface area (Å²) in [6, 6.07) is 13.5. The second-order valence-corrected chi connectivity index (χ2v) is 9.65. The monoisotopic (exact) mass is 482 g/mol. The molecule has 2 aromatic carbocycles. The van der Waals surface area contributed by atoms with Gasteiger partial charge in [-0.2, -0.15) is 0 Å². The first-order valence-corrected chi connectivity index (χ1v) is 12.0. The Morgan fingerprint density at radius 2 is 1.92 bits per heavy atom. The third-order valence-electron chi connectivity index (χ3n) is 7.22. The molecule has 2 N–H and O–H groups in total. The summed E-state index contributed by atoms with van der Waals surface area (Å²) in [5.41, 5.74) is 4.66. The van der Waals surface area contributed by atoms with Crippen LogP contribution in [0.5, 0.6) is 5.75 Å². The van der Waals surface area contributed by atoms with Crippen molar-refractivity contribution in [3.05, 3.63) is 81.4 Å². The molecule has 4 heterocycles. The Balaban J connectivity index is 1.69. The van der Waals surface area contributed by atoms with Crippen LogP contribution in [0.1, 0.15) is 43.9 Å². The summed E-state index contributed by atoms with van der Waals surface area (Å²) in [5.74, 6) is -0.696. The maximum absolute atomic E-state index is 13.7. The molecule has 2 aliphatic heterocycles.